The molecule has 0 radical (unpaired) electrons. The normalized spacial score (nSPS) is 1.50. The summed E-state index contributed by atoms with van der Waals surface area (Å²) in [5, 5.41) is 7.00. The van der Waals surface area contributed by atoms with Gasteiger partial charge in [0, 0.05) is 7.11 Å². The van der Waals surface area contributed by atoms with Gasteiger partial charge in [-0.05, 0) is 0 Å². The fraction of sp³-hybridized carbons (Fsp3) is 1.00. The summed E-state index contributed by atoms with van der Waals surface area (Å²) < 4.78 is 0. The average Bonchev–Trinajstić information content (AvgIpc) is 1.00. The van der Waals surface area contributed by atoms with E-state index in [0.717, 1.165) is 7.11 Å². The molecule has 0 rings (SSSR count). The molecule has 1 N–H and O–H groups in total. The molecule has 0 fully saturated rings. The van der Waals surface area contributed by atoms with Gasteiger partial charge in [0.1, 0.15) is 0 Å². The Balaban J connectivity index is -0.00000000500. The summed E-state index contributed by atoms with van der Waals surface area (Å²) in [4.78, 5) is 0. The van der Waals surface area contributed by atoms with Crippen LogP contribution in [0.25, 0.3) is 0 Å². The Bertz CT molecular complexity index is 6.00. The van der Waals surface area contributed by atoms with Crippen LogP contribution in [0.15, 0.2) is 0 Å². The van der Waals surface area contributed by atoms with Gasteiger partial charge in [0.05, 0.1) is 0 Å². The minimum atomic E-state index is 0. The molecule has 0 spiro atoms. The maximum absolute atomic E-state index is 7.00. The summed E-state index contributed by atoms with van der Waals surface area (Å²) in [5.74, 6) is 0. The van der Waals surface area contributed by atoms with Gasteiger partial charge < -0.3 is 5.11 Å². The van der Waals surface area contributed by atoms with Crippen molar-refractivity contribution in [2.45, 2.75) is 0 Å². The Morgan fingerprint density at radius 1 is 1.00 bits per heavy atom. The molecular formula is CH6I2O. The minimum Gasteiger partial charge on any atom is -0.400 e. The van der Waals surface area contributed by atoms with Gasteiger partial charge >= 0.3 is 0 Å². The molecule has 0 aliphatic rings. The van der Waals surface area contributed by atoms with Crippen LogP contribution in [0.1, 0.15) is 0 Å². The van der Waals surface area contributed by atoms with Crippen molar-refractivity contribution in [3.05, 3.63) is 0 Å². The molecule has 0 amide bonds. The highest BCUT2D eigenvalue weighted by molar-refractivity contribution is 14.0. The largest absolute Gasteiger partial charge is 0.400 e. The summed E-state index contributed by atoms with van der Waals surface area (Å²) in [6, 6.07) is 0. The molecule has 0 aromatic rings. The standard InChI is InChI=1S/CH4O.2HI/c1-2;;/h2H,1H3;2*1H. The monoisotopic (exact) mass is 288 g/mol. The second-order valence-electron chi connectivity index (χ2n) is 0. The zero-order valence-corrected chi connectivity index (χ0v) is 6.92. The molecule has 0 bridgehead atoms. The third kappa shape index (κ3) is 9.93. The Labute approximate surface area is 59.8 Å². The molecule has 0 unspecified atom stereocenters. The van der Waals surface area contributed by atoms with Crippen LogP contribution < -0.4 is 0 Å². The number of aliphatic hydroxyl groups excluding tert-OH is 1. The molecule has 0 aliphatic carbocycles. The Morgan fingerprint density at radius 3 is 1.00 bits per heavy atom. The number of hydrogen-bond acceptors (Lipinski definition) is 1. The van der Waals surface area contributed by atoms with Crippen molar-refractivity contribution >= 4 is 48.0 Å². The van der Waals surface area contributed by atoms with Crippen molar-refractivity contribution in [2.75, 3.05) is 7.11 Å². The molecule has 1 nitrogen and oxygen atoms in total. The minimum absolute atomic E-state index is 0. The lowest BCUT2D eigenvalue weighted by Gasteiger charge is -1.21. The molecule has 0 aromatic carbocycles. The van der Waals surface area contributed by atoms with Gasteiger partial charge in [0.2, 0.25) is 0 Å². The van der Waals surface area contributed by atoms with Crippen LogP contribution in [-0.4, -0.2) is 12.2 Å². The van der Waals surface area contributed by atoms with E-state index in [1.165, 1.54) is 0 Å². The Kier molecular flexibility index (Phi) is 116. The fourth-order valence-corrected chi connectivity index (χ4v) is 0. The van der Waals surface area contributed by atoms with Gasteiger partial charge in [-0.3, -0.25) is 0 Å². The van der Waals surface area contributed by atoms with Gasteiger partial charge in [-0.25, -0.2) is 0 Å². The average molecular weight is 288 g/mol. The zero-order valence-electron chi connectivity index (χ0n) is 2.26. The lowest BCUT2D eigenvalue weighted by Crippen LogP contribution is -1.25. The van der Waals surface area contributed by atoms with Crippen LogP contribution in [0, 0.1) is 0 Å². The smallest absolute Gasteiger partial charge is 0.0319 e. The molecule has 0 aromatic heterocycles. The van der Waals surface area contributed by atoms with E-state index in [9.17, 15) is 0 Å². The van der Waals surface area contributed by atoms with E-state index >= 15 is 0 Å². The third-order valence-electron chi connectivity index (χ3n) is 0. The Morgan fingerprint density at radius 2 is 1.00 bits per heavy atom. The number of rotatable bonds is 0. The molecule has 0 aliphatic heterocycles. The van der Waals surface area contributed by atoms with Gasteiger partial charge in [0.15, 0.2) is 0 Å². The lowest BCUT2D eigenvalue weighted by atomic mass is 11.8. The van der Waals surface area contributed by atoms with Gasteiger partial charge in [0.25, 0.3) is 0 Å². The van der Waals surface area contributed by atoms with E-state index in [-0.39, 0.29) is 48.0 Å². The number of hydrogen-bond donors (Lipinski definition) is 1. The highest BCUT2D eigenvalue weighted by Gasteiger charge is 0.839. The second kappa shape index (κ2) is 25.6. The zero-order chi connectivity index (χ0) is 2.00. The maximum Gasteiger partial charge on any atom is 0.0319 e. The first-order valence-electron chi connectivity index (χ1n) is 0.447. The topological polar surface area (TPSA) is 20.2 Å². The lowest BCUT2D eigenvalue weighted by molar-refractivity contribution is 0.399. The van der Waals surface area contributed by atoms with E-state index in [0.29, 0.717) is 0 Å². The van der Waals surface area contributed by atoms with Gasteiger partial charge in [-0.2, -0.15) is 0 Å². The molecule has 30 valence electrons. The number of halogens is 2. The van der Waals surface area contributed by atoms with Gasteiger partial charge in [-0.1, -0.05) is 0 Å². The van der Waals surface area contributed by atoms with Crippen molar-refractivity contribution in [1.29, 1.82) is 0 Å². The molecule has 0 atom stereocenters. The van der Waals surface area contributed by atoms with E-state index in [1.807, 2.05) is 0 Å². The van der Waals surface area contributed by atoms with E-state index in [1.54, 1.807) is 0 Å². The van der Waals surface area contributed by atoms with E-state index < -0.39 is 0 Å². The summed E-state index contributed by atoms with van der Waals surface area (Å²) in [6.45, 7) is 0. The van der Waals surface area contributed by atoms with E-state index in [4.69, 9.17) is 5.11 Å². The molecule has 4 heavy (non-hydrogen) atoms. The fourth-order valence-electron chi connectivity index (χ4n) is 0. The quantitative estimate of drug-likeness (QED) is 0.655. The first kappa shape index (κ1) is 18.1. The first-order valence-corrected chi connectivity index (χ1v) is 0.447. The maximum atomic E-state index is 7.00. The Hall–Kier alpha value is 1.42. The van der Waals surface area contributed by atoms with E-state index in [2.05, 4.69) is 0 Å². The highest BCUT2D eigenvalue weighted by atomic mass is 127. The van der Waals surface area contributed by atoms with Crippen molar-refractivity contribution in [1.82, 2.24) is 0 Å². The SMILES string of the molecule is CO.I.I. The highest BCUT2D eigenvalue weighted by Crippen LogP contribution is 0.887. The first-order chi connectivity index (χ1) is 1.00. The molecule has 0 heterocycles. The molecule has 0 saturated heterocycles. The van der Waals surface area contributed by atoms with Crippen LogP contribution in [0.4, 0.5) is 0 Å². The van der Waals surface area contributed by atoms with Crippen LogP contribution in [0.5, 0.6) is 0 Å². The predicted octanol–water partition coefficient (Wildman–Crippen LogP) is 0.844. The summed E-state index contributed by atoms with van der Waals surface area (Å²) in [7, 11) is 1.00. The number of aliphatic hydroxyl groups is 1. The third-order valence-corrected chi connectivity index (χ3v) is 0. The summed E-state index contributed by atoms with van der Waals surface area (Å²) in [5.41, 5.74) is 0. The summed E-state index contributed by atoms with van der Waals surface area (Å²) in [6.07, 6.45) is 0. The molecular weight excluding hydrogens is 282 g/mol. The second-order valence-corrected chi connectivity index (χ2v) is 0. The van der Waals surface area contributed by atoms with Gasteiger partial charge in [-0.15, -0.1) is 48.0 Å². The predicted molar refractivity (Wildman–Crippen MR) is 39.0 cm³/mol. The summed E-state index contributed by atoms with van der Waals surface area (Å²) >= 11 is 0. The molecule has 0 saturated carbocycles. The van der Waals surface area contributed by atoms with Crippen molar-refractivity contribution in [3.63, 3.8) is 0 Å². The van der Waals surface area contributed by atoms with Crippen molar-refractivity contribution in [3.8, 4) is 0 Å². The van der Waals surface area contributed by atoms with Crippen LogP contribution in [-0.2, 0) is 0 Å². The van der Waals surface area contributed by atoms with Crippen molar-refractivity contribution < 1.29 is 5.11 Å². The van der Waals surface area contributed by atoms with Crippen LogP contribution in [0.3, 0.4) is 0 Å². The van der Waals surface area contributed by atoms with Crippen LogP contribution >= 0.6 is 48.0 Å². The molecule has 3 heteroatoms. The van der Waals surface area contributed by atoms with Crippen LogP contribution in [0.2, 0.25) is 0 Å². The van der Waals surface area contributed by atoms with Crippen molar-refractivity contribution in [2.24, 2.45) is 0 Å².